The van der Waals surface area contributed by atoms with E-state index >= 15 is 0 Å². The van der Waals surface area contributed by atoms with Crippen LogP contribution in [0.4, 0.5) is 0 Å². The lowest BCUT2D eigenvalue weighted by Gasteiger charge is -2.05. The molecule has 0 atom stereocenters. The molecular weight excluding hydrogens is 258 g/mol. The fourth-order valence-corrected chi connectivity index (χ4v) is 2.99. The number of hydrogen-bond donors (Lipinski definition) is 0. The first kappa shape index (κ1) is 15.1. The Kier molecular flexibility index (Phi) is 4.04. The van der Waals surface area contributed by atoms with Crippen LogP contribution < -0.4 is 10.8 Å². The lowest BCUT2D eigenvalue weighted by Crippen LogP contribution is -2.26. The molecule has 0 bridgehead atoms. The summed E-state index contributed by atoms with van der Waals surface area (Å²) in [4.78, 5) is 12.7. The Labute approximate surface area is 125 Å². The highest BCUT2D eigenvalue weighted by Crippen LogP contribution is 2.23. The third-order valence-corrected chi connectivity index (χ3v) is 4.18. The van der Waals surface area contributed by atoms with Gasteiger partial charge in [0.1, 0.15) is 0 Å². The first-order valence-electron chi connectivity index (χ1n) is 7.22. The molecule has 2 rings (SSSR count). The van der Waals surface area contributed by atoms with Gasteiger partial charge in [-0.15, -0.1) is 11.5 Å². The van der Waals surface area contributed by atoms with Crippen molar-refractivity contribution in [3.63, 3.8) is 0 Å². The number of hydrogen-bond acceptors (Lipinski definition) is 1. The molecule has 0 aromatic carbocycles. The van der Waals surface area contributed by atoms with Crippen LogP contribution in [0.5, 0.6) is 0 Å². The molecule has 2 nitrogen and oxygen atoms in total. The van der Waals surface area contributed by atoms with E-state index in [1.807, 2.05) is 26.8 Å². The number of aromatic nitrogens is 1. The van der Waals surface area contributed by atoms with E-state index in [0.717, 1.165) is 51.5 Å². The molecule has 0 saturated heterocycles. The summed E-state index contributed by atoms with van der Waals surface area (Å²) in [5.74, 6) is 0. The Bertz CT molecular complexity index is 902. The molecule has 2 heteroatoms. The Morgan fingerprint density at radius 2 is 1.86 bits per heavy atom. The molecule has 0 fully saturated rings. The van der Waals surface area contributed by atoms with Gasteiger partial charge in [0.05, 0.1) is 5.52 Å². The van der Waals surface area contributed by atoms with E-state index in [1.54, 1.807) is 4.40 Å². The molecule has 0 unspecified atom stereocenters. The molecule has 2 aromatic heterocycles. The molecule has 0 amide bonds. The molecule has 21 heavy (non-hydrogen) atoms. The maximum absolute atomic E-state index is 12.7. The second-order valence-corrected chi connectivity index (χ2v) is 5.37. The van der Waals surface area contributed by atoms with Crippen LogP contribution in [0.1, 0.15) is 41.3 Å². The summed E-state index contributed by atoms with van der Waals surface area (Å²) in [6.45, 7) is 15.4. The molecule has 0 radical (unpaired) electrons. The van der Waals surface area contributed by atoms with Crippen LogP contribution in [0.25, 0.3) is 17.3 Å². The third kappa shape index (κ3) is 2.10. The van der Waals surface area contributed by atoms with Crippen LogP contribution in [-0.4, -0.2) is 4.40 Å². The Hall–Kier alpha value is -2.27. The van der Waals surface area contributed by atoms with E-state index in [2.05, 4.69) is 31.5 Å². The molecule has 0 N–H and O–H groups in total. The number of nitrogens with zero attached hydrogens (tertiary/aromatic N) is 1. The summed E-state index contributed by atoms with van der Waals surface area (Å²) in [7, 11) is 0. The van der Waals surface area contributed by atoms with Crippen molar-refractivity contribution in [2.45, 2.75) is 40.5 Å². The molecular formula is C19H21NO. The van der Waals surface area contributed by atoms with Gasteiger partial charge in [0.15, 0.2) is 0 Å². The quantitative estimate of drug-likeness (QED) is 0.790. The SMILES string of the molecule is C=C=Cc1c(CCC)c2c(=C=C)c(C)c(C)c(=O)n2c1C. The van der Waals surface area contributed by atoms with Crippen LogP contribution >= 0.6 is 0 Å². The average molecular weight is 279 g/mol. The Morgan fingerprint density at radius 3 is 2.38 bits per heavy atom. The van der Waals surface area contributed by atoms with E-state index in [1.165, 1.54) is 0 Å². The topological polar surface area (TPSA) is 21.5 Å². The number of rotatable bonds is 3. The maximum Gasteiger partial charge on any atom is 0.258 e. The van der Waals surface area contributed by atoms with Gasteiger partial charge in [-0.2, -0.15) is 0 Å². The predicted molar refractivity (Wildman–Crippen MR) is 89.7 cm³/mol. The van der Waals surface area contributed by atoms with Crippen molar-refractivity contribution in [2.75, 3.05) is 0 Å². The van der Waals surface area contributed by atoms with Crippen molar-refractivity contribution in [1.29, 1.82) is 0 Å². The summed E-state index contributed by atoms with van der Waals surface area (Å²) in [5, 5.41) is 0.933. The highest BCUT2D eigenvalue weighted by molar-refractivity contribution is 5.73. The third-order valence-electron chi connectivity index (χ3n) is 4.18. The summed E-state index contributed by atoms with van der Waals surface area (Å²) in [6, 6.07) is 0. The van der Waals surface area contributed by atoms with E-state index in [4.69, 9.17) is 0 Å². The normalized spacial score (nSPS) is 10.5. The van der Waals surface area contributed by atoms with Gasteiger partial charge in [0.2, 0.25) is 0 Å². The van der Waals surface area contributed by atoms with E-state index < -0.39 is 0 Å². The zero-order valence-electron chi connectivity index (χ0n) is 13.3. The van der Waals surface area contributed by atoms with Crippen LogP contribution in [0.15, 0.2) is 23.7 Å². The van der Waals surface area contributed by atoms with Crippen molar-refractivity contribution in [3.8, 4) is 0 Å². The lowest BCUT2D eigenvalue weighted by atomic mass is 10.0. The lowest BCUT2D eigenvalue weighted by molar-refractivity contribution is 0.925. The smallest absolute Gasteiger partial charge is 0.258 e. The first-order chi connectivity index (χ1) is 9.99. The van der Waals surface area contributed by atoms with Crippen molar-refractivity contribution in [2.24, 2.45) is 0 Å². The molecule has 0 spiro atoms. The number of fused-ring (bicyclic) bond motifs is 1. The molecule has 0 aliphatic carbocycles. The molecule has 0 aliphatic heterocycles. The van der Waals surface area contributed by atoms with E-state index in [0.29, 0.717) is 0 Å². The van der Waals surface area contributed by atoms with Crippen molar-refractivity contribution in [1.82, 2.24) is 4.40 Å². The minimum atomic E-state index is 0.0417. The molecule has 2 heterocycles. The van der Waals surface area contributed by atoms with Gasteiger partial charge in [0, 0.05) is 22.0 Å². The molecule has 0 saturated carbocycles. The summed E-state index contributed by atoms with van der Waals surface area (Å²) < 4.78 is 1.80. The minimum Gasteiger partial charge on any atom is -0.279 e. The van der Waals surface area contributed by atoms with E-state index in [-0.39, 0.29) is 5.56 Å². The van der Waals surface area contributed by atoms with Crippen LogP contribution in [0.3, 0.4) is 0 Å². The highest BCUT2D eigenvalue weighted by atomic mass is 16.1. The zero-order chi connectivity index (χ0) is 15.7. The predicted octanol–water partition coefficient (Wildman–Crippen LogP) is 3.26. The summed E-state index contributed by atoms with van der Waals surface area (Å²) in [6.07, 6.45) is 3.78. The van der Waals surface area contributed by atoms with Crippen LogP contribution in [0.2, 0.25) is 0 Å². The molecule has 0 aliphatic rings. The number of aryl methyl sites for hydroxylation is 2. The average Bonchev–Trinajstić information content (AvgIpc) is 2.72. The van der Waals surface area contributed by atoms with Crippen LogP contribution in [0, 0.1) is 20.8 Å². The summed E-state index contributed by atoms with van der Waals surface area (Å²) >= 11 is 0. The Morgan fingerprint density at radius 1 is 1.19 bits per heavy atom. The van der Waals surface area contributed by atoms with Crippen molar-refractivity contribution in [3.05, 3.63) is 62.4 Å². The van der Waals surface area contributed by atoms with Gasteiger partial charge in [0.25, 0.3) is 5.56 Å². The largest absolute Gasteiger partial charge is 0.279 e. The van der Waals surface area contributed by atoms with E-state index in [9.17, 15) is 4.79 Å². The second kappa shape index (κ2) is 5.61. The van der Waals surface area contributed by atoms with Gasteiger partial charge >= 0.3 is 0 Å². The first-order valence-corrected chi connectivity index (χ1v) is 7.22. The minimum absolute atomic E-state index is 0.0417. The van der Waals surface area contributed by atoms with Crippen LogP contribution in [-0.2, 0) is 6.42 Å². The second-order valence-electron chi connectivity index (χ2n) is 5.37. The summed E-state index contributed by atoms with van der Waals surface area (Å²) in [5.41, 5.74) is 11.7. The van der Waals surface area contributed by atoms with Gasteiger partial charge in [-0.1, -0.05) is 26.5 Å². The fourth-order valence-electron chi connectivity index (χ4n) is 2.99. The van der Waals surface area contributed by atoms with Crippen molar-refractivity contribution >= 4 is 17.3 Å². The highest BCUT2D eigenvalue weighted by Gasteiger charge is 2.18. The number of pyridine rings is 1. The van der Waals surface area contributed by atoms with Gasteiger partial charge in [-0.3, -0.25) is 9.20 Å². The van der Waals surface area contributed by atoms with Crippen molar-refractivity contribution < 1.29 is 0 Å². The maximum atomic E-state index is 12.7. The van der Waals surface area contributed by atoms with Gasteiger partial charge < -0.3 is 0 Å². The standard InChI is InChI=1S/C19H21NO/c1-7-10-16-14(6)20-18(17(16)11-8-2)15(9-3)12(4)13(5)19(20)21/h10H,1,3,8,11H2,2,4-6H3. The monoisotopic (exact) mass is 279 g/mol. The van der Waals surface area contributed by atoms with Gasteiger partial charge in [-0.05, 0) is 44.4 Å². The zero-order valence-corrected chi connectivity index (χ0v) is 13.3. The Balaban J connectivity index is 3.26. The molecule has 108 valence electrons. The fraction of sp³-hybridized carbons (Fsp3) is 0.316. The van der Waals surface area contributed by atoms with Gasteiger partial charge in [-0.25, -0.2) is 0 Å². The molecule has 2 aromatic rings.